The van der Waals surface area contributed by atoms with Crippen LogP contribution in [0.5, 0.6) is 5.75 Å². The molecule has 0 aromatic heterocycles. The average molecular weight is 345 g/mol. The Kier molecular flexibility index (Phi) is 13.4. The van der Waals surface area contributed by atoms with Crippen LogP contribution in [0.2, 0.25) is 0 Å². The van der Waals surface area contributed by atoms with Gasteiger partial charge in [-0.1, -0.05) is 57.6 Å². The standard InChI is InChI=1S/C19H31NO3.Na.H/c1-4-5-6-7-8-9-10-11-17-12-13-19(22)18(14-17)15-20(3)23-16(2)21;;/h12-14,22H,4-11,15H2,1-3H3;;. The van der Waals surface area contributed by atoms with Crippen molar-refractivity contribution in [3.63, 3.8) is 0 Å². The molecule has 0 atom stereocenters. The van der Waals surface area contributed by atoms with Crippen LogP contribution in [-0.2, 0) is 22.6 Å². The summed E-state index contributed by atoms with van der Waals surface area (Å²) >= 11 is 0. The number of rotatable bonds is 11. The van der Waals surface area contributed by atoms with E-state index in [2.05, 4.69) is 6.92 Å². The van der Waals surface area contributed by atoms with Crippen molar-refractivity contribution in [3.8, 4) is 5.75 Å². The third-order valence-electron chi connectivity index (χ3n) is 3.89. The van der Waals surface area contributed by atoms with Gasteiger partial charge in [-0.3, -0.25) is 4.79 Å². The summed E-state index contributed by atoms with van der Waals surface area (Å²) in [5.41, 5.74) is 2.01. The van der Waals surface area contributed by atoms with Crippen molar-refractivity contribution >= 4 is 35.5 Å². The fourth-order valence-electron chi connectivity index (χ4n) is 2.70. The summed E-state index contributed by atoms with van der Waals surface area (Å²) in [4.78, 5) is 15.9. The molecular formula is C19H32NNaO3. The van der Waals surface area contributed by atoms with Gasteiger partial charge in [0.05, 0.1) is 6.54 Å². The second kappa shape index (κ2) is 13.7. The van der Waals surface area contributed by atoms with Crippen molar-refractivity contribution in [1.82, 2.24) is 5.06 Å². The number of hydroxylamine groups is 2. The normalized spacial score (nSPS) is 10.5. The van der Waals surface area contributed by atoms with E-state index in [0.29, 0.717) is 6.54 Å². The van der Waals surface area contributed by atoms with Crippen LogP contribution in [0.15, 0.2) is 18.2 Å². The summed E-state index contributed by atoms with van der Waals surface area (Å²) < 4.78 is 0. The number of unbranched alkanes of at least 4 members (excludes halogenated alkanes) is 6. The van der Waals surface area contributed by atoms with Crippen molar-refractivity contribution in [3.05, 3.63) is 29.3 Å². The Morgan fingerprint density at radius 1 is 1.12 bits per heavy atom. The molecule has 1 N–H and O–H groups in total. The Labute approximate surface area is 168 Å². The fourth-order valence-corrected chi connectivity index (χ4v) is 2.70. The number of carbonyl (C=O) groups excluding carboxylic acids is 1. The molecule has 1 rings (SSSR count). The van der Waals surface area contributed by atoms with Crippen LogP contribution in [0, 0.1) is 0 Å². The van der Waals surface area contributed by atoms with Crippen LogP contribution in [0.4, 0.5) is 0 Å². The van der Waals surface area contributed by atoms with Crippen LogP contribution in [0.25, 0.3) is 0 Å². The molecule has 0 aliphatic rings. The van der Waals surface area contributed by atoms with E-state index >= 15 is 0 Å². The molecule has 0 radical (unpaired) electrons. The SMILES string of the molecule is CCCCCCCCCc1ccc(O)c(CN(C)OC(C)=O)c1.[NaH]. The summed E-state index contributed by atoms with van der Waals surface area (Å²) in [6, 6.07) is 5.71. The van der Waals surface area contributed by atoms with E-state index < -0.39 is 0 Å². The predicted octanol–water partition coefficient (Wildman–Crippen LogP) is 3.95. The van der Waals surface area contributed by atoms with E-state index in [0.717, 1.165) is 12.0 Å². The van der Waals surface area contributed by atoms with E-state index in [1.807, 2.05) is 12.1 Å². The number of phenols is 1. The first-order valence-corrected chi connectivity index (χ1v) is 8.73. The second-order valence-electron chi connectivity index (χ2n) is 6.20. The molecule has 1 aromatic carbocycles. The minimum absolute atomic E-state index is 0. The van der Waals surface area contributed by atoms with Gasteiger partial charge in [-0.25, -0.2) is 0 Å². The van der Waals surface area contributed by atoms with Crippen molar-refractivity contribution < 1.29 is 14.7 Å². The number of hydrogen-bond acceptors (Lipinski definition) is 4. The Morgan fingerprint density at radius 3 is 2.38 bits per heavy atom. The Bertz CT molecular complexity index is 480. The zero-order valence-corrected chi connectivity index (χ0v) is 14.8. The molecule has 0 aliphatic heterocycles. The van der Waals surface area contributed by atoms with E-state index in [1.54, 1.807) is 13.1 Å². The van der Waals surface area contributed by atoms with Crippen molar-refractivity contribution in [2.45, 2.75) is 71.8 Å². The van der Waals surface area contributed by atoms with Gasteiger partial charge < -0.3 is 9.94 Å². The van der Waals surface area contributed by atoms with E-state index in [1.165, 1.54) is 62.5 Å². The van der Waals surface area contributed by atoms with Gasteiger partial charge in [0.1, 0.15) is 5.75 Å². The molecule has 0 amide bonds. The van der Waals surface area contributed by atoms with Crippen LogP contribution in [-0.4, -0.2) is 52.7 Å². The zero-order valence-electron chi connectivity index (χ0n) is 14.8. The molecule has 0 heterocycles. The zero-order chi connectivity index (χ0) is 17.1. The van der Waals surface area contributed by atoms with Gasteiger partial charge in [0.25, 0.3) is 0 Å². The predicted molar refractivity (Wildman–Crippen MR) is 100 cm³/mol. The topological polar surface area (TPSA) is 49.8 Å². The molecule has 0 aliphatic carbocycles. The first-order chi connectivity index (χ1) is 11.0. The minimum atomic E-state index is -0.355. The molecular weight excluding hydrogens is 313 g/mol. The molecule has 24 heavy (non-hydrogen) atoms. The quantitative estimate of drug-likeness (QED) is 0.375. The van der Waals surface area contributed by atoms with Gasteiger partial charge in [-0.2, -0.15) is 0 Å². The number of nitrogens with zero attached hydrogens (tertiary/aromatic N) is 1. The van der Waals surface area contributed by atoms with Gasteiger partial charge >= 0.3 is 35.5 Å². The van der Waals surface area contributed by atoms with E-state index in [-0.39, 0.29) is 41.3 Å². The molecule has 0 saturated carbocycles. The van der Waals surface area contributed by atoms with Gasteiger partial charge in [0.2, 0.25) is 0 Å². The summed E-state index contributed by atoms with van der Waals surface area (Å²) in [5.74, 6) is -0.112. The fraction of sp³-hybridized carbons (Fsp3) is 0.632. The van der Waals surface area contributed by atoms with Crippen LogP contribution in [0.1, 0.15) is 69.9 Å². The van der Waals surface area contributed by atoms with Crippen LogP contribution in [0.3, 0.4) is 0 Å². The van der Waals surface area contributed by atoms with Gasteiger partial charge in [-0.15, -0.1) is 5.06 Å². The summed E-state index contributed by atoms with van der Waals surface area (Å²) in [7, 11) is 1.68. The second-order valence-corrected chi connectivity index (χ2v) is 6.20. The first-order valence-electron chi connectivity index (χ1n) is 8.73. The summed E-state index contributed by atoms with van der Waals surface area (Å²) in [6.45, 7) is 3.99. The van der Waals surface area contributed by atoms with Crippen LogP contribution >= 0.6 is 0 Å². The Morgan fingerprint density at radius 2 is 1.75 bits per heavy atom. The molecule has 0 spiro atoms. The number of aromatic hydroxyl groups is 1. The third-order valence-corrected chi connectivity index (χ3v) is 3.89. The van der Waals surface area contributed by atoms with Crippen molar-refractivity contribution in [2.24, 2.45) is 0 Å². The number of benzene rings is 1. The molecule has 5 heteroatoms. The number of phenolic OH excluding ortho intramolecular Hbond substituents is 1. The number of carbonyl (C=O) groups is 1. The maximum atomic E-state index is 10.9. The van der Waals surface area contributed by atoms with Crippen LogP contribution < -0.4 is 0 Å². The maximum absolute atomic E-state index is 10.9. The first kappa shape index (κ1) is 23.4. The summed E-state index contributed by atoms with van der Waals surface area (Å²) in [5, 5.41) is 11.4. The van der Waals surface area contributed by atoms with Crippen molar-refractivity contribution in [1.29, 1.82) is 0 Å². The van der Waals surface area contributed by atoms with Crippen molar-refractivity contribution in [2.75, 3.05) is 7.05 Å². The monoisotopic (exact) mass is 345 g/mol. The molecule has 0 bridgehead atoms. The number of hydrogen-bond donors (Lipinski definition) is 1. The van der Waals surface area contributed by atoms with Gasteiger partial charge in [0.15, 0.2) is 0 Å². The van der Waals surface area contributed by atoms with E-state index in [9.17, 15) is 9.90 Å². The Hall–Kier alpha value is -0.550. The number of aryl methyl sites for hydroxylation is 1. The molecule has 4 nitrogen and oxygen atoms in total. The molecule has 0 saturated heterocycles. The molecule has 0 fully saturated rings. The van der Waals surface area contributed by atoms with Gasteiger partial charge in [0, 0.05) is 19.5 Å². The van der Waals surface area contributed by atoms with E-state index in [4.69, 9.17) is 4.84 Å². The van der Waals surface area contributed by atoms with Gasteiger partial charge in [-0.05, 0) is 24.5 Å². The average Bonchev–Trinajstić information content (AvgIpc) is 2.48. The Balaban J connectivity index is 0.00000529. The third kappa shape index (κ3) is 10.3. The summed E-state index contributed by atoms with van der Waals surface area (Å²) in [6.07, 6.45) is 10.1. The molecule has 1 aromatic rings. The molecule has 0 unspecified atom stereocenters. The molecule has 132 valence electrons.